The van der Waals surface area contributed by atoms with Crippen LogP contribution in [0.15, 0.2) is 95.8 Å². The smallest absolute Gasteiger partial charge is 0.207 e. The molecule has 0 saturated carbocycles. The van der Waals surface area contributed by atoms with Crippen molar-refractivity contribution in [3.63, 3.8) is 0 Å². The van der Waals surface area contributed by atoms with Gasteiger partial charge in [-0.05, 0) is 46.7 Å². The Morgan fingerprint density at radius 2 is 1.31 bits per heavy atom. The number of benzene rings is 4. The van der Waals surface area contributed by atoms with Crippen LogP contribution in [0.25, 0.3) is 49.9 Å². The molecule has 2 aliphatic heterocycles. The second-order valence-electron chi connectivity index (χ2n) is 8.15. The van der Waals surface area contributed by atoms with Crippen LogP contribution < -0.4 is 5.43 Å². The predicted molar refractivity (Wildman–Crippen MR) is 131 cm³/mol. The highest BCUT2D eigenvalue weighted by molar-refractivity contribution is 6.12. The van der Waals surface area contributed by atoms with Crippen molar-refractivity contribution in [3.8, 4) is 28.3 Å². The number of aromatic nitrogens is 3. The summed E-state index contributed by atoms with van der Waals surface area (Å²) >= 11 is 0. The SMILES string of the molecule is Cc1c2nc(-c3c4ccccc4cc4ccccc34)c(=O)cc-2n(-c2ccccc2)n1C. The van der Waals surface area contributed by atoms with Crippen molar-refractivity contribution in [1.29, 1.82) is 0 Å². The van der Waals surface area contributed by atoms with E-state index in [9.17, 15) is 4.79 Å². The molecule has 0 unspecified atom stereocenters. The van der Waals surface area contributed by atoms with Crippen molar-refractivity contribution in [2.24, 2.45) is 7.05 Å². The fourth-order valence-corrected chi connectivity index (χ4v) is 4.71. The first-order valence-electron chi connectivity index (χ1n) is 10.7. The molecular weight excluding hydrogens is 394 g/mol. The number of nitrogens with zero attached hydrogens (tertiary/aromatic N) is 3. The summed E-state index contributed by atoms with van der Waals surface area (Å²) in [7, 11) is 2.00. The van der Waals surface area contributed by atoms with E-state index in [1.54, 1.807) is 6.07 Å². The van der Waals surface area contributed by atoms with Crippen LogP contribution in [0.2, 0.25) is 0 Å². The molecule has 0 bridgehead atoms. The largest absolute Gasteiger partial charge is 0.287 e. The lowest BCUT2D eigenvalue weighted by molar-refractivity contribution is 0.650. The summed E-state index contributed by atoms with van der Waals surface area (Å²) in [6, 6.07) is 30.4. The van der Waals surface area contributed by atoms with E-state index in [-0.39, 0.29) is 5.43 Å². The Bertz CT molecular complexity index is 1600. The van der Waals surface area contributed by atoms with Gasteiger partial charge in [0.1, 0.15) is 11.4 Å². The van der Waals surface area contributed by atoms with Gasteiger partial charge in [0.2, 0.25) is 5.43 Å². The summed E-state index contributed by atoms with van der Waals surface area (Å²) in [4.78, 5) is 18.5. The van der Waals surface area contributed by atoms with Crippen LogP contribution in [-0.2, 0) is 7.05 Å². The number of hydrogen-bond donors (Lipinski definition) is 0. The fourth-order valence-electron chi connectivity index (χ4n) is 4.71. The van der Waals surface area contributed by atoms with Gasteiger partial charge in [-0.15, -0.1) is 0 Å². The van der Waals surface area contributed by atoms with Crippen LogP contribution in [0.4, 0.5) is 0 Å². The van der Waals surface area contributed by atoms with Crippen LogP contribution in [0.1, 0.15) is 5.69 Å². The quantitative estimate of drug-likeness (QED) is 0.328. The van der Waals surface area contributed by atoms with Crippen molar-refractivity contribution in [2.75, 3.05) is 0 Å². The molecule has 0 spiro atoms. The van der Waals surface area contributed by atoms with Crippen molar-refractivity contribution in [1.82, 2.24) is 14.3 Å². The summed E-state index contributed by atoms with van der Waals surface area (Å²) in [5.41, 5.74) is 4.98. The number of pyridine rings is 1. The highest BCUT2D eigenvalue weighted by atomic mass is 16.1. The van der Waals surface area contributed by atoms with E-state index >= 15 is 0 Å². The number of rotatable bonds is 2. The lowest BCUT2D eigenvalue weighted by Crippen LogP contribution is -2.12. The van der Waals surface area contributed by atoms with Crippen LogP contribution >= 0.6 is 0 Å². The second kappa shape index (κ2) is 6.92. The zero-order valence-corrected chi connectivity index (χ0v) is 17.9. The van der Waals surface area contributed by atoms with Gasteiger partial charge in [0.15, 0.2) is 0 Å². The molecule has 0 aliphatic carbocycles. The van der Waals surface area contributed by atoms with Gasteiger partial charge in [0, 0.05) is 18.7 Å². The lowest BCUT2D eigenvalue weighted by atomic mass is 9.94. The molecule has 0 radical (unpaired) electrons. The van der Waals surface area contributed by atoms with Gasteiger partial charge in [-0.3, -0.25) is 14.2 Å². The van der Waals surface area contributed by atoms with Crippen LogP contribution in [0.3, 0.4) is 0 Å². The normalized spacial score (nSPS) is 11.6. The minimum absolute atomic E-state index is 0.0747. The minimum Gasteiger partial charge on any atom is -0.287 e. The molecule has 0 amide bonds. The third kappa shape index (κ3) is 2.63. The Labute approximate surface area is 185 Å². The summed E-state index contributed by atoms with van der Waals surface area (Å²) in [6.45, 7) is 2.05. The number of para-hydroxylation sites is 1. The monoisotopic (exact) mass is 415 g/mol. The van der Waals surface area contributed by atoms with E-state index in [0.29, 0.717) is 5.69 Å². The van der Waals surface area contributed by atoms with E-state index in [0.717, 1.165) is 49.9 Å². The van der Waals surface area contributed by atoms with Gasteiger partial charge in [0.25, 0.3) is 0 Å². The van der Waals surface area contributed by atoms with Gasteiger partial charge < -0.3 is 0 Å². The first-order chi connectivity index (χ1) is 15.6. The molecule has 0 atom stereocenters. The van der Waals surface area contributed by atoms with E-state index < -0.39 is 0 Å². The van der Waals surface area contributed by atoms with E-state index in [1.807, 2.05) is 73.3 Å². The molecule has 6 rings (SSSR count). The molecule has 154 valence electrons. The van der Waals surface area contributed by atoms with Crippen molar-refractivity contribution in [3.05, 3.63) is 107 Å². The van der Waals surface area contributed by atoms with Crippen molar-refractivity contribution in [2.45, 2.75) is 6.92 Å². The van der Waals surface area contributed by atoms with Gasteiger partial charge >= 0.3 is 0 Å². The zero-order chi connectivity index (χ0) is 21.8. The summed E-state index contributed by atoms with van der Waals surface area (Å²) in [6.07, 6.45) is 0. The van der Waals surface area contributed by atoms with Crippen LogP contribution in [0.5, 0.6) is 0 Å². The highest BCUT2D eigenvalue weighted by Crippen LogP contribution is 2.36. The zero-order valence-electron chi connectivity index (χ0n) is 17.9. The Morgan fingerprint density at radius 3 is 1.97 bits per heavy atom. The topological polar surface area (TPSA) is 39.8 Å². The van der Waals surface area contributed by atoms with Gasteiger partial charge in [-0.1, -0.05) is 66.7 Å². The Balaban J connectivity index is 1.73. The van der Waals surface area contributed by atoms with E-state index in [4.69, 9.17) is 4.98 Å². The molecule has 0 saturated heterocycles. The average molecular weight is 415 g/mol. The van der Waals surface area contributed by atoms with Crippen LogP contribution in [0, 0.1) is 6.92 Å². The van der Waals surface area contributed by atoms with Crippen LogP contribution in [-0.4, -0.2) is 14.3 Å². The standard InChI is InChI=1S/C28H21N3O/c1-18-27-24(31(30(18)2)21-12-4-3-5-13-21)17-25(32)28(29-27)26-22-14-8-6-10-19(22)16-20-11-7-9-15-23(20)26/h3-17H,1-2H3. The second-order valence-corrected chi connectivity index (χ2v) is 8.15. The maximum Gasteiger partial charge on any atom is 0.207 e. The summed E-state index contributed by atoms with van der Waals surface area (Å²) in [5.74, 6) is 0. The predicted octanol–water partition coefficient (Wildman–Crippen LogP) is 5.96. The number of hydrogen-bond acceptors (Lipinski definition) is 2. The fraction of sp³-hybridized carbons (Fsp3) is 0.0714. The van der Waals surface area contributed by atoms with Crippen molar-refractivity contribution < 1.29 is 0 Å². The minimum atomic E-state index is -0.0747. The molecule has 4 aromatic rings. The van der Waals surface area contributed by atoms with E-state index in [1.165, 1.54) is 0 Å². The van der Waals surface area contributed by atoms with Gasteiger partial charge in [0.05, 0.1) is 17.1 Å². The summed E-state index contributed by atoms with van der Waals surface area (Å²) in [5, 5.41) is 4.29. The van der Waals surface area contributed by atoms with E-state index in [2.05, 4.69) is 35.0 Å². The molecule has 2 aliphatic rings. The molecule has 4 nitrogen and oxygen atoms in total. The molecule has 0 fully saturated rings. The maximum absolute atomic E-state index is 13.5. The first kappa shape index (κ1) is 18.6. The molecule has 0 N–H and O–H groups in total. The third-order valence-corrected chi connectivity index (χ3v) is 6.33. The molecule has 4 aromatic carbocycles. The Kier molecular flexibility index (Phi) is 4.02. The molecule has 4 heteroatoms. The van der Waals surface area contributed by atoms with Gasteiger partial charge in [-0.25, -0.2) is 4.98 Å². The highest BCUT2D eigenvalue weighted by Gasteiger charge is 2.23. The number of fused-ring (bicyclic) bond motifs is 3. The van der Waals surface area contributed by atoms with Crippen molar-refractivity contribution >= 4 is 21.5 Å². The average Bonchev–Trinajstić information content (AvgIpc) is 3.06. The lowest BCUT2D eigenvalue weighted by Gasteiger charge is -2.13. The molecule has 0 aromatic heterocycles. The summed E-state index contributed by atoms with van der Waals surface area (Å²) < 4.78 is 4.10. The van der Waals surface area contributed by atoms with Gasteiger partial charge in [-0.2, -0.15) is 0 Å². The Hall–Kier alpha value is -4.18. The molecule has 2 heterocycles. The maximum atomic E-state index is 13.5. The Morgan fingerprint density at radius 1 is 0.719 bits per heavy atom. The third-order valence-electron chi connectivity index (χ3n) is 6.33. The first-order valence-corrected chi connectivity index (χ1v) is 10.7. The molecule has 32 heavy (non-hydrogen) atoms. The molecular formula is C28H21N3O.